The number of sulfonamides is 1. The summed E-state index contributed by atoms with van der Waals surface area (Å²) >= 11 is 12.1. The van der Waals surface area contributed by atoms with Gasteiger partial charge in [-0.2, -0.15) is 4.31 Å². The highest BCUT2D eigenvalue weighted by Gasteiger charge is 2.67. The summed E-state index contributed by atoms with van der Waals surface area (Å²) in [5, 5.41) is 2.79. The number of hydrogen-bond donors (Lipinski definition) is 1. The van der Waals surface area contributed by atoms with E-state index >= 15 is 0 Å². The molecule has 1 aliphatic heterocycles. The number of piperidine rings is 1. The van der Waals surface area contributed by atoms with E-state index in [1.165, 1.54) is 10.4 Å². The van der Waals surface area contributed by atoms with Crippen LogP contribution in [-0.2, 0) is 14.8 Å². The van der Waals surface area contributed by atoms with Gasteiger partial charge in [-0.05, 0) is 50.8 Å². The summed E-state index contributed by atoms with van der Waals surface area (Å²) < 4.78 is 26.1. The van der Waals surface area contributed by atoms with Crippen LogP contribution in [0.1, 0.15) is 38.2 Å². The maximum atomic E-state index is 12.8. The number of hydrogen-bond acceptors (Lipinski definition) is 3. The Balaban J connectivity index is 1.85. The molecule has 0 spiro atoms. The molecule has 25 heavy (non-hydrogen) atoms. The minimum atomic E-state index is -3.55. The summed E-state index contributed by atoms with van der Waals surface area (Å²) in [6.45, 7) is 4.59. The monoisotopic (exact) mass is 404 g/mol. The second-order valence-electron chi connectivity index (χ2n) is 7.11. The van der Waals surface area contributed by atoms with Crippen LogP contribution in [0.3, 0.4) is 0 Å². The normalized spacial score (nSPS) is 26.2. The molecule has 1 amide bonds. The van der Waals surface area contributed by atoms with E-state index in [0.29, 0.717) is 25.2 Å². The van der Waals surface area contributed by atoms with Gasteiger partial charge in [0.1, 0.15) is 4.33 Å². The Morgan fingerprint density at radius 1 is 1.20 bits per heavy atom. The Labute approximate surface area is 158 Å². The zero-order chi connectivity index (χ0) is 18.5. The number of amides is 1. The molecule has 0 radical (unpaired) electrons. The molecule has 138 valence electrons. The van der Waals surface area contributed by atoms with Gasteiger partial charge in [-0.25, -0.2) is 8.42 Å². The Morgan fingerprint density at radius 2 is 1.80 bits per heavy atom. The Hall–Kier alpha value is -0.820. The van der Waals surface area contributed by atoms with Gasteiger partial charge in [-0.15, -0.1) is 23.2 Å². The van der Waals surface area contributed by atoms with Crippen LogP contribution >= 0.6 is 23.2 Å². The van der Waals surface area contributed by atoms with Gasteiger partial charge >= 0.3 is 0 Å². The molecule has 1 heterocycles. The van der Waals surface area contributed by atoms with Crippen LogP contribution in [0.5, 0.6) is 0 Å². The first-order chi connectivity index (χ1) is 11.6. The van der Waals surface area contributed by atoms with E-state index in [1.54, 1.807) is 19.1 Å². The summed E-state index contributed by atoms with van der Waals surface area (Å²) in [6.07, 6.45) is 3.18. The summed E-state index contributed by atoms with van der Waals surface area (Å²) in [6, 6.07) is 4.81. The highest BCUT2D eigenvalue weighted by Crippen LogP contribution is 2.64. The van der Waals surface area contributed by atoms with Crippen molar-refractivity contribution < 1.29 is 13.2 Å². The quantitative estimate of drug-likeness (QED) is 0.777. The van der Waals surface area contributed by atoms with Crippen molar-refractivity contribution in [2.45, 2.75) is 48.8 Å². The zero-order valence-electron chi connectivity index (χ0n) is 14.3. The number of rotatable bonds is 4. The zero-order valence-corrected chi connectivity index (χ0v) is 16.6. The van der Waals surface area contributed by atoms with Crippen molar-refractivity contribution in [1.29, 1.82) is 0 Å². The number of carbonyl (C=O) groups excluding carboxylic acids is 1. The number of carbonyl (C=O) groups is 1. The van der Waals surface area contributed by atoms with Crippen molar-refractivity contribution in [3.8, 4) is 0 Å². The van der Waals surface area contributed by atoms with Crippen LogP contribution in [-0.4, -0.2) is 36.1 Å². The van der Waals surface area contributed by atoms with Gasteiger partial charge in [-0.1, -0.05) is 12.5 Å². The van der Waals surface area contributed by atoms with Gasteiger partial charge in [0.15, 0.2) is 0 Å². The van der Waals surface area contributed by atoms with E-state index in [-0.39, 0.29) is 10.8 Å². The molecule has 2 aliphatic rings. The highest BCUT2D eigenvalue weighted by atomic mass is 35.5. The van der Waals surface area contributed by atoms with Gasteiger partial charge in [0, 0.05) is 18.8 Å². The topological polar surface area (TPSA) is 66.5 Å². The first kappa shape index (κ1) is 19.0. The van der Waals surface area contributed by atoms with Crippen LogP contribution in [0.2, 0.25) is 0 Å². The summed E-state index contributed by atoms with van der Waals surface area (Å²) in [5.41, 5.74) is 0.398. The number of nitrogens with zero attached hydrogens (tertiary/aromatic N) is 1. The molecule has 2 fully saturated rings. The van der Waals surface area contributed by atoms with E-state index in [2.05, 4.69) is 5.32 Å². The number of halogens is 2. The fraction of sp³-hybridized carbons (Fsp3) is 0.588. The van der Waals surface area contributed by atoms with Crippen molar-refractivity contribution in [2.75, 3.05) is 18.4 Å². The maximum Gasteiger partial charge on any atom is 0.243 e. The third kappa shape index (κ3) is 3.42. The van der Waals surface area contributed by atoms with E-state index < -0.39 is 19.8 Å². The summed E-state index contributed by atoms with van der Waals surface area (Å²) in [7, 11) is -3.55. The predicted molar refractivity (Wildman–Crippen MR) is 99.6 cm³/mol. The van der Waals surface area contributed by atoms with Crippen molar-refractivity contribution in [3.05, 3.63) is 23.8 Å². The molecule has 1 atom stereocenters. The smallest absolute Gasteiger partial charge is 0.243 e. The number of anilines is 1. The SMILES string of the molecule is Cc1ccc(S(=O)(=O)N2CCCCC2)cc1NC(=O)C1(C)CC1(Cl)Cl. The number of nitrogens with one attached hydrogen (secondary N) is 1. The van der Waals surface area contributed by atoms with Crippen LogP contribution in [0.25, 0.3) is 0 Å². The molecule has 8 heteroatoms. The van der Waals surface area contributed by atoms with E-state index in [0.717, 1.165) is 24.8 Å². The van der Waals surface area contributed by atoms with Gasteiger partial charge in [0.25, 0.3) is 0 Å². The molecule has 5 nitrogen and oxygen atoms in total. The minimum absolute atomic E-state index is 0.194. The summed E-state index contributed by atoms with van der Waals surface area (Å²) in [5.74, 6) is -0.298. The van der Waals surface area contributed by atoms with Crippen molar-refractivity contribution in [1.82, 2.24) is 4.31 Å². The molecule has 1 unspecified atom stereocenters. The van der Waals surface area contributed by atoms with Crippen molar-refractivity contribution in [3.63, 3.8) is 0 Å². The van der Waals surface area contributed by atoms with Crippen LogP contribution in [0, 0.1) is 12.3 Å². The van der Waals surface area contributed by atoms with Gasteiger partial charge in [-0.3, -0.25) is 4.79 Å². The standard InChI is InChI=1S/C17H22Cl2N2O3S/c1-12-6-7-13(25(23,24)21-8-4-3-5-9-21)10-14(12)20-15(22)16(2)11-17(16,18)19/h6-7,10H,3-5,8-9,11H2,1-2H3,(H,20,22). The maximum absolute atomic E-state index is 12.8. The van der Waals surface area contributed by atoms with Crippen molar-refractivity contribution in [2.24, 2.45) is 5.41 Å². The number of benzene rings is 1. The van der Waals surface area contributed by atoms with Crippen LogP contribution < -0.4 is 5.32 Å². The lowest BCUT2D eigenvalue weighted by Gasteiger charge is -2.26. The second-order valence-corrected chi connectivity index (χ2v) is 10.5. The van der Waals surface area contributed by atoms with E-state index in [9.17, 15) is 13.2 Å². The molecule has 1 aromatic carbocycles. The van der Waals surface area contributed by atoms with E-state index in [1.807, 2.05) is 6.92 Å². The van der Waals surface area contributed by atoms with Crippen molar-refractivity contribution >= 4 is 44.8 Å². The lowest BCUT2D eigenvalue weighted by atomic mass is 10.1. The van der Waals surface area contributed by atoms with Gasteiger partial charge in [0.2, 0.25) is 15.9 Å². The average molecular weight is 405 g/mol. The third-order valence-corrected chi connectivity index (χ3v) is 8.17. The molecule has 0 aromatic heterocycles. The molecule has 1 saturated carbocycles. The van der Waals surface area contributed by atoms with Crippen LogP contribution in [0.4, 0.5) is 5.69 Å². The highest BCUT2D eigenvalue weighted by molar-refractivity contribution is 7.89. The molecule has 3 rings (SSSR count). The van der Waals surface area contributed by atoms with Crippen LogP contribution in [0.15, 0.2) is 23.1 Å². The number of alkyl halides is 2. The average Bonchev–Trinajstić information content (AvgIpc) is 3.09. The molecule has 1 aromatic rings. The Bertz CT molecular complexity index is 804. The van der Waals surface area contributed by atoms with Gasteiger partial charge in [0.05, 0.1) is 10.3 Å². The molecule has 1 saturated heterocycles. The van der Waals surface area contributed by atoms with E-state index in [4.69, 9.17) is 23.2 Å². The third-order valence-electron chi connectivity index (χ3n) is 5.17. The second kappa shape index (κ2) is 6.41. The molecule has 1 aliphatic carbocycles. The summed E-state index contributed by atoms with van der Waals surface area (Å²) in [4.78, 5) is 12.7. The Morgan fingerprint density at radius 3 is 2.36 bits per heavy atom. The first-order valence-corrected chi connectivity index (χ1v) is 10.6. The lowest BCUT2D eigenvalue weighted by molar-refractivity contribution is -0.120. The first-order valence-electron chi connectivity index (χ1n) is 8.38. The molecule has 0 bridgehead atoms. The predicted octanol–water partition coefficient (Wildman–Crippen LogP) is 3.69. The number of aryl methyl sites for hydroxylation is 1. The fourth-order valence-corrected chi connectivity index (χ4v) is 5.31. The van der Waals surface area contributed by atoms with Gasteiger partial charge < -0.3 is 5.32 Å². The Kier molecular flexibility index (Phi) is 4.86. The minimum Gasteiger partial charge on any atom is -0.325 e. The molecular weight excluding hydrogens is 383 g/mol. The lowest BCUT2D eigenvalue weighted by Crippen LogP contribution is -2.35. The molecular formula is C17H22Cl2N2O3S. The largest absolute Gasteiger partial charge is 0.325 e. The molecule has 1 N–H and O–H groups in total. The fourth-order valence-electron chi connectivity index (χ4n) is 3.06.